The number of nitrogens with one attached hydrogen (secondary N) is 1. The van der Waals surface area contributed by atoms with Gasteiger partial charge in [-0.25, -0.2) is 0 Å². The molecular weight excluding hydrogens is 392 g/mol. The fourth-order valence-corrected chi connectivity index (χ4v) is 3.45. The minimum absolute atomic E-state index is 0.0436. The van der Waals surface area contributed by atoms with E-state index in [1.807, 2.05) is 63.2 Å². The molecule has 1 atom stereocenters. The van der Waals surface area contributed by atoms with E-state index >= 15 is 0 Å². The van der Waals surface area contributed by atoms with Crippen molar-refractivity contribution in [2.24, 2.45) is 0 Å². The van der Waals surface area contributed by atoms with Crippen molar-refractivity contribution in [3.63, 3.8) is 0 Å². The molecule has 0 aromatic heterocycles. The lowest BCUT2D eigenvalue weighted by Gasteiger charge is -2.30. The maximum atomic E-state index is 13.1. The molecule has 2 aromatic carbocycles. The third-order valence-corrected chi connectivity index (χ3v) is 5.04. The summed E-state index contributed by atoms with van der Waals surface area (Å²) in [6.07, 6.45) is 1.45. The van der Waals surface area contributed by atoms with Gasteiger partial charge in [0.05, 0.1) is 13.7 Å². The van der Waals surface area contributed by atoms with Gasteiger partial charge in [-0.2, -0.15) is 0 Å². The van der Waals surface area contributed by atoms with E-state index in [-0.39, 0.29) is 11.8 Å². The first-order valence-corrected chi connectivity index (χ1v) is 10.9. The van der Waals surface area contributed by atoms with Crippen LogP contribution >= 0.6 is 0 Å². The van der Waals surface area contributed by atoms with Crippen molar-refractivity contribution in [1.29, 1.82) is 0 Å². The molecule has 0 aliphatic heterocycles. The lowest BCUT2D eigenvalue weighted by Crippen LogP contribution is -2.49. The van der Waals surface area contributed by atoms with Crippen molar-refractivity contribution in [3.05, 3.63) is 59.7 Å². The van der Waals surface area contributed by atoms with Gasteiger partial charge in [0.2, 0.25) is 11.8 Å². The first-order valence-electron chi connectivity index (χ1n) is 10.9. The Morgan fingerprint density at radius 3 is 2.39 bits per heavy atom. The molecule has 0 saturated heterocycles. The summed E-state index contributed by atoms with van der Waals surface area (Å²) in [5.41, 5.74) is 2.15. The van der Waals surface area contributed by atoms with Crippen LogP contribution in [0.1, 0.15) is 44.2 Å². The zero-order chi connectivity index (χ0) is 22.6. The Morgan fingerprint density at radius 1 is 1.06 bits per heavy atom. The number of hydrogen-bond acceptors (Lipinski definition) is 4. The van der Waals surface area contributed by atoms with Gasteiger partial charge in [-0.1, -0.05) is 36.8 Å². The number of aryl methyl sites for hydroxylation is 1. The summed E-state index contributed by atoms with van der Waals surface area (Å²) in [5.74, 6) is 1.35. The number of methoxy groups -OCH3 is 1. The minimum Gasteiger partial charge on any atom is -0.497 e. The third kappa shape index (κ3) is 7.63. The van der Waals surface area contributed by atoms with Crippen molar-refractivity contribution in [1.82, 2.24) is 10.2 Å². The molecule has 0 aliphatic rings. The molecule has 0 spiro atoms. The molecule has 0 heterocycles. The molecule has 6 nitrogen and oxygen atoms in total. The smallest absolute Gasteiger partial charge is 0.242 e. The number of benzene rings is 2. The first kappa shape index (κ1) is 24.3. The third-order valence-electron chi connectivity index (χ3n) is 5.04. The Bertz CT molecular complexity index is 836. The van der Waals surface area contributed by atoms with Crippen molar-refractivity contribution in [2.75, 3.05) is 20.3 Å². The average Bonchev–Trinajstić information content (AvgIpc) is 2.77. The number of rotatable bonds is 12. The van der Waals surface area contributed by atoms with Crippen LogP contribution in [0.15, 0.2) is 48.5 Å². The van der Waals surface area contributed by atoms with Gasteiger partial charge in [0.15, 0.2) is 0 Å². The van der Waals surface area contributed by atoms with Crippen LogP contribution in [0.2, 0.25) is 0 Å². The lowest BCUT2D eigenvalue weighted by molar-refractivity contribution is -0.141. The largest absolute Gasteiger partial charge is 0.497 e. The zero-order valence-electron chi connectivity index (χ0n) is 19.0. The monoisotopic (exact) mass is 426 g/mol. The van der Waals surface area contributed by atoms with E-state index in [9.17, 15) is 9.59 Å². The second-order valence-electron chi connectivity index (χ2n) is 7.46. The van der Waals surface area contributed by atoms with Gasteiger partial charge >= 0.3 is 0 Å². The number of carbonyl (C=O) groups is 2. The molecule has 2 amide bonds. The molecule has 168 valence electrons. The molecule has 0 bridgehead atoms. The Morgan fingerprint density at radius 2 is 1.77 bits per heavy atom. The summed E-state index contributed by atoms with van der Waals surface area (Å²) in [6.45, 7) is 7.21. The van der Waals surface area contributed by atoms with Gasteiger partial charge in [-0.15, -0.1) is 0 Å². The van der Waals surface area contributed by atoms with Gasteiger partial charge in [-0.3, -0.25) is 9.59 Å². The van der Waals surface area contributed by atoms with Crippen LogP contribution in [-0.2, 0) is 16.1 Å². The second kappa shape index (κ2) is 12.6. The first-order chi connectivity index (χ1) is 15.0. The summed E-state index contributed by atoms with van der Waals surface area (Å²) < 4.78 is 10.9. The van der Waals surface area contributed by atoms with Gasteiger partial charge < -0.3 is 19.7 Å². The highest BCUT2D eigenvalue weighted by Crippen LogP contribution is 2.18. The van der Waals surface area contributed by atoms with Crippen LogP contribution in [0.5, 0.6) is 11.5 Å². The normalized spacial score (nSPS) is 11.5. The highest BCUT2D eigenvalue weighted by atomic mass is 16.5. The Balaban J connectivity index is 2.01. The van der Waals surface area contributed by atoms with Crippen molar-refractivity contribution < 1.29 is 19.1 Å². The number of carbonyl (C=O) groups excluding carboxylic acids is 2. The topological polar surface area (TPSA) is 67.9 Å². The van der Waals surface area contributed by atoms with E-state index in [4.69, 9.17) is 9.47 Å². The van der Waals surface area contributed by atoms with E-state index in [0.717, 1.165) is 22.6 Å². The maximum Gasteiger partial charge on any atom is 0.242 e. The van der Waals surface area contributed by atoms with Gasteiger partial charge in [0.1, 0.15) is 17.5 Å². The SMILES string of the molecule is CCNC(=O)C(CC)N(Cc1cccc(C)c1)C(=O)CCCOc1ccc(OC)cc1. The van der Waals surface area contributed by atoms with E-state index in [1.54, 1.807) is 12.0 Å². The van der Waals surface area contributed by atoms with E-state index < -0.39 is 6.04 Å². The lowest BCUT2D eigenvalue weighted by atomic mass is 10.1. The van der Waals surface area contributed by atoms with Gasteiger partial charge in [0.25, 0.3) is 0 Å². The highest BCUT2D eigenvalue weighted by molar-refractivity contribution is 5.87. The van der Waals surface area contributed by atoms with Crippen molar-refractivity contribution in [2.45, 2.75) is 52.6 Å². The second-order valence-corrected chi connectivity index (χ2v) is 7.46. The van der Waals surface area contributed by atoms with Crippen LogP contribution in [0, 0.1) is 6.92 Å². The van der Waals surface area contributed by atoms with Gasteiger partial charge in [-0.05, 0) is 56.5 Å². The Kier molecular flexibility index (Phi) is 9.88. The summed E-state index contributed by atoms with van der Waals surface area (Å²) in [5, 5.41) is 2.86. The number of likely N-dealkylation sites (N-methyl/N-ethyl adjacent to an activating group) is 1. The summed E-state index contributed by atoms with van der Waals surface area (Å²) in [4.78, 5) is 27.4. The molecule has 6 heteroatoms. The molecule has 1 unspecified atom stereocenters. The molecular formula is C25H34N2O4. The molecule has 0 aliphatic carbocycles. The molecule has 2 rings (SSSR count). The fraction of sp³-hybridized carbons (Fsp3) is 0.440. The number of ether oxygens (including phenoxy) is 2. The van der Waals surface area contributed by atoms with Crippen LogP contribution in [0.25, 0.3) is 0 Å². The standard InChI is InChI=1S/C25H34N2O4/c1-5-23(25(29)26-6-2)27(18-20-10-7-9-19(3)17-20)24(28)11-8-16-31-22-14-12-21(30-4)13-15-22/h7,9-10,12-15,17,23H,5-6,8,11,16,18H2,1-4H3,(H,26,29). The molecule has 0 saturated carbocycles. The van der Waals surface area contributed by atoms with Crippen LogP contribution in [0.3, 0.4) is 0 Å². The predicted molar refractivity (Wildman–Crippen MR) is 122 cm³/mol. The van der Waals surface area contributed by atoms with E-state index in [1.165, 1.54) is 0 Å². The fourth-order valence-electron chi connectivity index (χ4n) is 3.45. The van der Waals surface area contributed by atoms with Crippen molar-refractivity contribution >= 4 is 11.8 Å². The molecule has 1 N–H and O–H groups in total. The summed E-state index contributed by atoms with van der Waals surface area (Å²) >= 11 is 0. The van der Waals surface area contributed by atoms with Crippen LogP contribution in [-0.4, -0.2) is 43.0 Å². The average molecular weight is 427 g/mol. The minimum atomic E-state index is -0.490. The molecule has 0 fully saturated rings. The van der Waals surface area contributed by atoms with E-state index in [2.05, 4.69) is 11.4 Å². The maximum absolute atomic E-state index is 13.1. The van der Waals surface area contributed by atoms with Crippen LogP contribution < -0.4 is 14.8 Å². The highest BCUT2D eigenvalue weighted by Gasteiger charge is 2.28. The summed E-state index contributed by atoms with van der Waals surface area (Å²) in [7, 11) is 1.62. The van der Waals surface area contributed by atoms with Crippen LogP contribution in [0.4, 0.5) is 0 Å². The summed E-state index contributed by atoms with van der Waals surface area (Å²) in [6, 6.07) is 14.9. The van der Waals surface area contributed by atoms with Crippen molar-refractivity contribution in [3.8, 4) is 11.5 Å². The number of nitrogens with zero attached hydrogens (tertiary/aromatic N) is 1. The number of amides is 2. The Labute approximate surface area is 185 Å². The molecule has 31 heavy (non-hydrogen) atoms. The molecule has 0 radical (unpaired) electrons. The number of hydrogen-bond donors (Lipinski definition) is 1. The van der Waals surface area contributed by atoms with E-state index in [0.29, 0.717) is 39.0 Å². The van der Waals surface area contributed by atoms with Gasteiger partial charge in [0, 0.05) is 19.5 Å². The molecule has 2 aromatic rings. The zero-order valence-corrected chi connectivity index (χ0v) is 19.0. The predicted octanol–water partition coefficient (Wildman–Crippen LogP) is 4.11. The Hall–Kier alpha value is -3.02. The quantitative estimate of drug-likeness (QED) is 0.519.